The lowest BCUT2D eigenvalue weighted by molar-refractivity contribution is 0.101. The van der Waals surface area contributed by atoms with E-state index in [9.17, 15) is 18.0 Å². The Balaban J connectivity index is 1.37. The number of H-pyrrole nitrogens is 1. The third-order valence-electron chi connectivity index (χ3n) is 6.02. The second kappa shape index (κ2) is 7.75. The maximum Gasteiger partial charge on any atom is 0.255 e. The molecule has 8 heteroatoms. The number of nitrogens with zero attached hydrogens (tertiary/aromatic N) is 1. The second-order valence-corrected chi connectivity index (χ2v) is 10.0. The fraction of sp³-hybridized carbons (Fsp3) is 0. The largest absolute Gasteiger partial charge is 0.338 e. The summed E-state index contributed by atoms with van der Waals surface area (Å²) in [4.78, 5) is 33.7. The van der Waals surface area contributed by atoms with Crippen LogP contribution >= 0.6 is 0 Å². The Morgan fingerprint density at radius 3 is 2.29 bits per heavy atom. The summed E-state index contributed by atoms with van der Waals surface area (Å²) in [5.41, 5.74) is 3.19. The Kier molecular flexibility index (Phi) is 4.65. The molecule has 0 unspecified atom stereocenters. The van der Waals surface area contributed by atoms with Crippen molar-refractivity contribution in [3.63, 3.8) is 0 Å². The molecule has 0 fully saturated rings. The van der Waals surface area contributed by atoms with Crippen LogP contribution in [0.3, 0.4) is 0 Å². The standard InChI is InChI=1S/C27H17N3O4S/c31-25-18-8-2-6-12-23(18)35(33,34)24-15-16(13-14-19(24)25)27(32)30-20-9-3-1-7-17(20)26-28-21-10-4-5-11-22(21)29-26/h1-15H,(H,28,29)(H,30,32). The molecule has 170 valence electrons. The van der Waals surface area contributed by atoms with Gasteiger partial charge < -0.3 is 10.3 Å². The summed E-state index contributed by atoms with van der Waals surface area (Å²) in [6.07, 6.45) is 0. The second-order valence-electron chi connectivity index (χ2n) is 8.14. The number of aromatic nitrogens is 2. The number of amides is 1. The van der Waals surface area contributed by atoms with Crippen molar-refractivity contribution >= 4 is 38.2 Å². The van der Waals surface area contributed by atoms with Crippen molar-refractivity contribution in [2.75, 3.05) is 5.32 Å². The van der Waals surface area contributed by atoms with Crippen molar-refractivity contribution in [3.05, 3.63) is 108 Å². The Morgan fingerprint density at radius 1 is 0.771 bits per heavy atom. The smallest absolute Gasteiger partial charge is 0.255 e. The van der Waals surface area contributed by atoms with Gasteiger partial charge in [-0.25, -0.2) is 13.4 Å². The van der Waals surface area contributed by atoms with Crippen LogP contribution in [0.5, 0.6) is 0 Å². The van der Waals surface area contributed by atoms with Crippen LogP contribution in [0, 0.1) is 0 Å². The van der Waals surface area contributed by atoms with Crippen LogP contribution in [0.1, 0.15) is 26.3 Å². The number of imidazole rings is 1. The SMILES string of the molecule is O=C(Nc1ccccc1-c1nc2ccccc2[nH]1)c1ccc2c(c1)S(=O)(=O)c1ccccc1C2=O. The lowest BCUT2D eigenvalue weighted by Gasteiger charge is -2.19. The number of aromatic amines is 1. The van der Waals surface area contributed by atoms with Gasteiger partial charge in [-0.15, -0.1) is 0 Å². The number of anilines is 1. The van der Waals surface area contributed by atoms with Gasteiger partial charge in [0.15, 0.2) is 5.78 Å². The normalized spacial score (nSPS) is 13.8. The number of carbonyl (C=O) groups is 2. The zero-order chi connectivity index (χ0) is 24.2. The highest BCUT2D eigenvalue weighted by Crippen LogP contribution is 2.35. The molecule has 0 bridgehead atoms. The monoisotopic (exact) mass is 479 g/mol. The van der Waals surface area contributed by atoms with Gasteiger partial charge in [0.25, 0.3) is 5.91 Å². The van der Waals surface area contributed by atoms with Crippen molar-refractivity contribution in [2.24, 2.45) is 0 Å². The van der Waals surface area contributed by atoms with Crippen molar-refractivity contribution < 1.29 is 18.0 Å². The van der Waals surface area contributed by atoms with Gasteiger partial charge in [-0.2, -0.15) is 0 Å². The summed E-state index contributed by atoms with van der Waals surface area (Å²) in [6.45, 7) is 0. The van der Waals surface area contributed by atoms with E-state index in [1.807, 2.05) is 36.4 Å². The molecule has 2 heterocycles. The molecule has 1 amide bonds. The fourth-order valence-electron chi connectivity index (χ4n) is 4.30. The molecule has 1 aromatic heterocycles. The first kappa shape index (κ1) is 21.0. The van der Waals surface area contributed by atoms with E-state index in [1.165, 1.54) is 30.3 Å². The lowest BCUT2D eigenvalue weighted by Crippen LogP contribution is -2.21. The summed E-state index contributed by atoms with van der Waals surface area (Å²) in [7, 11) is -3.94. The highest BCUT2D eigenvalue weighted by Gasteiger charge is 2.35. The first-order chi connectivity index (χ1) is 16.9. The van der Waals surface area contributed by atoms with E-state index in [1.54, 1.807) is 24.3 Å². The van der Waals surface area contributed by atoms with E-state index in [-0.39, 0.29) is 32.3 Å². The van der Waals surface area contributed by atoms with E-state index in [0.29, 0.717) is 17.1 Å². The molecule has 7 nitrogen and oxygen atoms in total. The average Bonchev–Trinajstić information content (AvgIpc) is 3.32. The van der Waals surface area contributed by atoms with Gasteiger partial charge >= 0.3 is 0 Å². The Labute approximate surface area is 200 Å². The van der Waals surface area contributed by atoms with Crippen LogP contribution in [0.25, 0.3) is 22.4 Å². The predicted octanol–water partition coefficient (Wildman–Crippen LogP) is 4.86. The van der Waals surface area contributed by atoms with Crippen LogP contribution in [-0.4, -0.2) is 30.1 Å². The summed E-state index contributed by atoms with van der Waals surface area (Å²) in [5.74, 6) is -0.289. The maximum absolute atomic E-state index is 13.2. The van der Waals surface area contributed by atoms with Gasteiger partial charge in [-0.1, -0.05) is 36.4 Å². The minimum atomic E-state index is -3.94. The Hall–Kier alpha value is -4.56. The van der Waals surface area contributed by atoms with Crippen molar-refractivity contribution in [1.29, 1.82) is 0 Å². The number of benzene rings is 4. The topological polar surface area (TPSA) is 109 Å². The molecule has 0 atom stereocenters. The first-order valence-electron chi connectivity index (χ1n) is 10.8. The van der Waals surface area contributed by atoms with Gasteiger partial charge in [0, 0.05) is 22.3 Å². The molecule has 0 spiro atoms. The quantitative estimate of drug-likeness (QED) is 0.377. The van der Waals surface area contributed by atoms with Crippen LogP contribution < -0.4 is 5.32 Å². The lowest BCUT2D eigenvalue weighted by atomic mass is 10.0. The number of rotatable bonds is 3. The van der Waals surface area contributed by atoms with Crippen LogP contribution in [0.15, 0.2) is 101 Å². The summed E-state index contributed by atoms with van der Waals surface area (Å²) < 4.78 is 26.4. The highest BCUT2D eigenvalue weighted by molar-refractivity contribution is 7.91. The summed E-state index contributed by atoms with van der Waals surface area (Å²) >= 11 is 0. The van der Waals surface area contributed by atoms with Crippen molar-refractivity contribution in [1.82, 2.24) is 9.97 Å². The van der Waals surface area contributed by atoms with Gasteiger partial charge in [0.1, 0.15) is 5.82 Å². The zero-order valence-electron chi connectivity index (χ0n) is 18.1. The van der Waals surface area contributed by atoms with E-state index < -0.39 is 15.7 Å². The van der Waals surface area contributed by atoms with Gasteiger partial charge in [-0.05, 0) is 54.6 Å². The number of para-hydroxylation sites is 3. The molecule has 0 saturated carbocycles. The van der Waals surface area contributed by atoms with Crippen molar-refractivity contribution in [2.45, 2.75) is 9.79 Å². The first-order valence-corrected chi connectivity index (χ1v) is 12.3. The number of fused-ring (bicyclic) bond motifs is 3. The number of carbonyl (C=O) groups excluding carboxylic acids is 2. The van der Waals surface area contributed by atoms with Crippen LogP contribution in [0.4, 0.5) is 5.69 Å². The number of hydrogen-bond acceptors (Lipinski definition) is 5. The highest BCUT2D eigenvalue weighted by atomic mass is 32.2. The van der Waals surface area contributed by atoms with Crippen LogP contribution in [0.2, 0.25) is 0 Å². The van der Waals surface area contributed by atoms with Crippen LogP contribution in [-0.2, 0) is 9.84 Å². The molecule has 6 rings (SSSR count). The minimum absolute atomic E-state index is 0.0507. The number of nitrogens with one attached hydrogen (secondary N) is 2. The predicted molar refractivity (Wildman–Crippen MR) is 131 cm³/mol. The molecule has 0 aliphatic carbocycles. The Bertz CT molecular complexity index is 1750. The molecule has 35 heavy (non-hydrogen) atoms. The number of hydrogen-bond donors (Lipinski definition) is 2. The molecule has 1 aliphatic rings. The molecule has 0 saturated heterocycles. The van der Waals surface area contributed by atoms with E-state index in [0.717, 1.165) is 11.0 Å². The summed E-state index contributed by atoms with van der Waals surface area (Å²) in [5, 5.41) is 2.86. The minimum Gasteiger partial charge on any atom is -0.338 e. The number of sulfone groups is 1. The van der Waals surface area contributed by atoms with E-state index in [2.05, 4.69) is 15.3 Å². The summed E-state index contributed by atoms with van der Waals surface area (Å²) in [6, 6.07) is 25.0. The molecule has 0 radical (unpaired) electrons. The third-order valence-corrected chi connectivity index (χ3v) is 7.87. The molecule has 2 N–H and O–H groups in total. The Morgan fingerprint density at radius 2 is 1.46 bits per heavy atom. The molecule has 4 aromatic carbocycles. The van der Waals surface area contributed by atoms with Crippen molar-refractivity contribution in [3.8, 4) is 11.4 Å². The van der Waals surface area contributed by atoms with Gasteiger partial charge in [-0.3, -0.25) is 9.59 Å². The molecule has 1 aliphatic heterocycles. The average molecular weight is 480 g/mol. The van der Waals surface area contributed by atoms with Gasteiger partial charge in [0.2, 0.25) is 9.84 Å². The van der Waals surface area contributed by atoms with E-state index >= 15 is 0 Å². The third kappa shape index (κ3) is 3.34. The van der Waals surface area contributed by atoms with E-state index in [4.69, 9.17) is 0 Å². The van der Waals surface area contributed by atoms with Gasteiger partial charge in [0.05, 0.1) is 26.5 Å². The number of ketones is 1. The molecule has 5 aromatic rings. The maximum atomic E-state index is 13.2. The fourth-order valence-corrected chi connectivity index (χ4v) is 5.98. The molecular weight excluding hydrogens is 462 g/mol. The molecular formula is C27H17N3O4S. The zero-order valence-corrected chi connectivity index (χ0v) is 19.0.